The van der Waals surface area contributed by atoms with Crippen molar-refractivity contribution in [1.82, 2.24) is 0 Å². The molecule has 0 aromatic carbocycles. The van der Waals surface area contributed by atoms with Crippen molar-refractivity contribution in [3.05, 3.63) is 11.6 Å². The molecule has 0 aromatic rings. The van der Waals surface area contributed by atoms with Crippen molar-refractivity contribution in [2.75, 3.05) is 5.33 Å². The van der Waals surface area contributed by atoms with E-state index < -0.39 is 0 Å². The van der Waals surface area contributed by atoms with E-state index in [1.165, 1.54) is 5.57 Å². The number of carbonyl (C=O) groups excluding carboxylic acids is 1. The third-order valence-corrected chi connectivity index (χ3v) is 2.62. The van der Waals surface area contributed by atoms with Crippen LogP contribution in [0.3, 0.4) is 0 Å². The van der Waals surface area contributed by atoms with Crippen molar-refractivity contribution in [3.63, 3.8) is 0 Å². The van der Waals surface area contributed by atoms with E-state index in [-0.39, 0.29) is 11.2 Å². The van der Waals surface area contributed by atoms with Crippen LogP contribution in [0.4, 0.5) is 0 Å². The second-order valence-electron chi connectivity index (χ2n) is 3.92. The third-order valence-electron chi connectivity index (χ3n) is 1.90. The Morgan fingerprint density at radius 1 is 1.55 bits per heavy atom. The van der Waals surface area contributed by atoms with E-state index in [9.17, 15) is 4.79 Å². The van der Waals surface area contributed by atoms with E-state index in [0.717, 1.165) is 11.8 Å². The average Bonchev–Trinajstić information content (AvgIpc) is 1.83. The van der Waals surface area contributed by atoms with Crippen molar-refractivity contribution >= 4 is 21.7 Å². The highest BCUT2D eigenvalue weighted by molar-refractivity contribution is 9.09. The Kier molecular flexibility index (Phi) is 2.53. The predicted molar refractivity (Wildman–Crippen MR) is 49.9 cm³/mol. The topological polar surface area (TPSA) is 17.1 Å². The quantitative estimate of drug-likeness (QED) is 0.617. The average molecular weight is 217 g/mol. The van der Waals surface area contributed by atoms with Crippen LogP contribution in [0, 0.1) is 5.41 Å². The smallest absolute Gasteiger partial charge is 0.156 e. The number of ketones is 1. The van der Waals surface area contributed by atoms with Crippen molar-refractivity contribution in [3.8, 4) is 0 Å². The summed E-state index contributed by atoms with van der Waals surface area (Å²) in [6, 6.07) is 0. The maximum Gasteiger partial charge on any atom is 0.156 e. The zero-order valence-electron chi connectivity index (χ0n) is 6.98. The van der Waals surface area contributed by atoms with Gasteiger partial charge in [-0.25, -0.2) is 0 Å². The molecular formula is C9H13BrO. The molecule has 0 fully saturated rings. The highest BCUT2D eigenvalue weighted by atomic mass is 79.9. The summed E-state index contributed by atoms with van der Waals surface area (Å²) < 4.78 is 0. The van der Waals surface area contributed by atoms with Crippen LogP contribution >= 0.6 is 15.9 Å². The fourth-order valence-corrected chi connectivity index (χ4v) is 1.92. The maximum atomic E-state index is 11.2. The van der Waals surface area contributed by atoms with Crippen LogP contribution in [0.15, 0.2) is 11.6 Å². The molecule has 2 heteroatoms. The van der Waals surface area contributed by atoms with Crippen molar-refractivity contribution in [2.45, 2.75) is 26.7 Å². The molecule has 1 aliphatic carbocycles. The molecule has 0 saturated carbocycles. The van der Waals surface area contributed by atoms with Crippen LogP contribution in [-0.2, 0) is 4.79 Å². The molecule has 0 saturated heterocycles. The van der Waals surface area contributed by atoms with Crippen LogP contribution in [0.1, 0.15) is 26.7 Å². The minimum absolute atomic E-state index is 0.176. The first-order valence-electron chi connectivity index (χ1n) is 3.82. The van der Waals surface area contributed by atoms with Crippen molar-refractivity contribution in [2.24, 2.45) is 5.41 Å². The zero-order valence-corrected chi connectivity index (χ0v) is 8.57. The summed E-state index contributed by atoms with van der Waals surface area (Å²) >= 11 is 3.37. The Morgan fingerprint density at radius 3 is 2.64 bits per heavy atom. The first kappa shape index (κ1) is 8.98. The molecule has 1 aliphatic rings. The van der Waals surface area contributed by atoms with E-state index >= 15 is 0 Å². The van der Waals surface area contributed by atoms with Gasteiger partial charge >= 0.3 is 0 Å². The van der Waals surface area contributed by atoms with Gasteiger partial charge in [0.1, 0.15) is 0 Å². The molecule has 1 rings (SSSR count). The molecule has 0 aliphatic heterocycles. The molecule has 1 nitrogen and oxygen atoms in total. The predicted octanol–water partition coefficient (Wildman–Crippen LogP) is 2.70. The number of alkyl halides is 1. The van der Waals surface area contributed by atoms with Crippen LogP contribution in [0.2, 0.25) is 0 Å². The van der Waals surface area contributed by atoms with E-state index in [2.05, 4.69) is 29.8 Å². The van der Waals surface area contributed by atoms with Gasteiger partial charge in [-0.3, -0.25) is 4.79 Å². The second-order valence-corrected chi connectivity index (χ2v) is 4.48. The van der Waals surface area contributed by atoms with Gasteiger partial charge < -0.3 is 0 Å². The van der Waals surface area contributed by atoms with Gasteiger partial charge in [-0.1, -0.05) is 35.4 Å². The molecule has 0 aromatic heterocycles. The lowest BCUT2D eigenvalue weighted by molar-refractivity contribution is -0.117. The molecular weight excluding hydrogens is 204 g/mol. The SMILES string of the molecule is CC1(C)CC(=O)C=C(CBr)C1. The Balaban J connectivity index is 2.78. The standard InChI is InChI=1S/C9H13BrO/c1-9(2)4-7(6-10)3-8(11)5-9/h3H,4-6H2,1-2H3. The molecule has 62 valence electrons. The van der Waals surface area contributed by atoms with Crippen molar-refractivity contribution in [1.29, 1.82) is 0 Å². The van der Waals surface area contributed by atoms with E-state index in [4.69, 9.17) is 0 Å². The molecule has 11 heavy (non-hydrogen) atoms. The summed E-state index contributed by atoms with van der Waals surface area (Å²) in [5.74, 6) is 0.274. The van der Waals surface area contributed by atoms with Gasteiger partial charge in [0.05, 0.1) is 0 Å². The Morgan fingerprint density at radius 2 is 2.18 bits per heavy atom. The first-order valence-corrected chi connectivity index (χ1v) is 4.94. The third kappa shape index (κ3) is 2.44. The van der Waals surface area contributed by atoms with Crippen LogP contribution in [-0.4, -0.2) is 11.1 Å². The van der Waals surface area contributed by atoms with Gasteiger partial charge in [-0.15, -0.1) is 0 Å². The highest BCUT2D eigenvalue weighted by Gasteiger charge is 2.26. The first-order chi connectivity index (χ1) is 5.03. The molecule has 0 bridgehead atoms. The van der Waals surface area contributed by atoms with E-state index in [1.54, 1.807) is 6.08 Å². The minimum Gasteiger partial charge on any atom is -0.295 e. The molecule has 0 amide bonds. The summed E-state index contributed by atoms with van der Waals surface area (Å²) in [6.45, 7) is 4.28. The Bertz CT molecular complexity index is 204. The fraction of sp³-hybridized carbons (Fsp3) is 0.667. The molecule has 0 N–H and O–H groups in total. The Hall–Kier alpha value is -0.110. The van der Waals surface area contributed by atoms with Gasteiger partial charge in [0.15, 0.2) is 5.78 Å². The van der Waals surface area contributed by atoms with Gasteiger partial charge in [0, 0.05) is 11.8 Å². The van der Waals surface area contributed by atoms with Gasteiger partial charge in [0.2, 0.25) is 0 Å². The fourth-order valence-electron chi connectivity index (χ4n) is 1.56. The maximum absolute atomic E-state index is 11.2. The molecule has 0 radical (unpaired) electrons. The molecule has 0 spiro atoms. The lowest BCUT2D eigenvalue weighted by Crippen LogP contribution is -2.22. The zero-order chi connectivity index (χ0) is 8.48. The monoisotopic (exact) mass is 216 g/mol. The summed E-state index contributed by atoms with van der Waals surface area (Å²) in [5, 5.41) is 0.835. The van der Waals surface area contributed by atoms with Crippen LogP contribution in [0.25, 0.3) is 0 Å². The van der Waals surface area contributed by atoms with Crippen LogP contribution in [0.5, 0.6) is 0 Å². The number of carbonyl (C=O) groups is 1. The summed E-state index contributed by atoms with van der Waals surface area (Å²) in [4.78, 5) is 11.2. The van der Waals surface area contributed by atoms with Crippen LogP contribution < -0.4 is 0 Å². The Labute approximate surface area is 76.0 Å². The molecule has 0 atom stereocenters. The normalized spacial score (nSPS) is 23.2. The number of hydrogen-bond donors (Lipinski definition) is 0. The minimum atomic E-state index is 0.176. The lowest BCUT2D eigenvalue weighted by atomic mass is 9.77. The van der Waals surface area contributed by atoms with Crippen molar-refractivity contribution < 1.29 is 4.79 Å². The number of rotatable bonds is 1. The van der Waals surface area contributed by atoms with E-state index in [1.807, 2.05) is 0 Å². The molecule has 0 unspecified atom stereocenters. The van der Waals surface area contributed by atoms with Gasteiger partial charge in [-0.05, 0) is 17.9 Å². The van der Waals surface area contributed by atoms with Gasteiger partial charge in [-0.2, -0.15) is 0 Å². The number of hydrogen-bond acceptors (Lipinski definition) is 1. The number of halogens is 1. The summed E-state index contributed by atoms with van der Waals surface area (Å²) in [5.41, 5.74) is 1.40. The summed E-state index contributed by atoms with van der Waals surface area (Å²) in [6.07, 6.45) is 3.52. The second kappa shape index (κ2) is 3.10. The summed E-state index contributed by atoms with van der Waals surface area (Å²) in [7, 11) is 0. The lowest BCUT2D eigenvalue weighted by Gasteiger charge is -2.27. The molecule has 0 heterocycles. The van der Waals surface area contributed by atoms with Gasteiger partial charge in [0.25, 0.3) is 0 Å². The largest absolute Gasteiger partial charge is 0.295 e. The van der Waals surface area contributed by atoms with E-state index in [0.29, 0.717) is 6.42 Å². The number of allylic oxidation sites excluding steroid dienone is 2. The highest BCUT2D eigenvalue weighted by Crippen LogP contribution is 2.33.